The van der Waals surface area contributed by atoms with E-state index in [1.54, 1.807) is 30.1 Å². The molecule has 0 radical (unpaired) electrons. The number of benzene rings is 3. The molecule has 2 aromatic heterocycles. The highest BCUT2D eigenvalue weighted by molar-refractivity contribution is 6.02. The van der Waals surface area contributed by atoms with E-state index in [2.05, 4.69) is 32.2 Å². The number of hydrogen-bond acceptors (Lipinski definition) is 7. The van der Waals surface area contributed by atoms with Crippen molar-refractivity contribution in [3.63, 3.8) is 0 Å². The van der Waals surface area contributed by atoms with Crippen LogP contribution in [0.5, 0.6) is 11.5 Å². The van der Waals surface area contributed by atoms with E-state index in [0.717, 1.165) is 27.8 Å². The van der Waals surface area contributed by atoms with Crippen molar-refractivity contribution in [2.45, 2.75) is 19.0 Å². The van der Waals surface area contributed by atoms with Crippen molar-refractivity contribution >= 4 is 28.4 Å². The lowest BCUT2D eigenvalue weighted by atomic mass is 10.1. The van der Waals surface area contributed by atoms with Crippen molar-refractivity contribution < 1.29 is 19.1 Å². The number of hydrogen-bond donors (Lipinski definition) is 1. The number of anilines is 1. The summed E-state index contributed by atoms with van der Waals surface area (Å²) in [6, 6.07) is 23.9. The first-order valence-corrected chi connectivity index (χ1v) is 13.8. The van der Waals surface area contributed by atoms with Crippen molar-refractivity contribution in [2.24, 2.45) is 0 Å². The zero-order valence-electron chi connectivity index (χ0n) is 23.4. The van der Waals surface area contributed by atoms with E-state index < -0.39 is 11.9 Å². The molecule has 3 aromatic carbocycles. The summed E-state index contributed by atoms with van der Waals surface area (Å²) in [5, 5.41) is 8.03. The van der Waals surface area contributed by atoms with E-state index in [1.165, 1.54) is 11.2 Å². The van der Waals surface area contributed by atoms with Gasteiger partial charge in [-0.3, -0.25) is 14.6 Å². The molecule has 0 spiro atoms. The van der Waals surface area contributed by atoms with Gasteiger partial charge in [0.15, 0.2) is 0 Å². The number of carbonyl (C=O) groups is 2. The smallest absolute Gasteiger partial charge is 0.291 e. The fraction of sp³-hybridized carbons (Fsp3) is 0.182. The summed E-state index contributed by atoms with van der Waals surface area (Å²) >= 11 is 0. The van der Waals surface area contributed by atoms with Crippen LogP contribution in [0.3, 0.4) is 0 Å². The molecule has 1 N–H and O–H groups in total. The number of pyridine rings is 1. The van der Waals surface area contributed by atoms with Gasteiger partial charge in [0.2, 0.25) is 5.82 Å². The van der Waals surface area contributed by atoms with Gasteiger partial charge in [0.25, 0.3) is 11.8 Å². The molecular formula is C33H28N6O4. The molecule has 3 heterocycles. The van der Waals surface area contributed by atoms with Gasteiger partial charge in [0, 0.05) is 36.7 Å². The van der Waals surface area contributed by atoms with Gasteiger partial charge >= 0.3 is 0 Å². The van der Waals surface area contributed by atoms with Crippen molar-refractivity contribution in [1.82, 2.24) is 25.1 Å². The minimum atomic E-state index is -0.914. The number of likely N-dealkylation sites (N-methyl/N-ethyl adjacent to an activating group) is 1. The van der Waals surface area contributed by atoms with Gasteiger partial charge in [-0.2, -0.15) is 0 Å². The maximum atomic E-state index is 13.3. The number of ether oxygens (including phenoxy) is 2. The second kappa shape index (κ2) is 12.4. The highest BCUT2D eigenvalue weighted by atomic mass is 16.5. The Morgan fingerprint density at radius 3 is 2.84 bits per heavy atom. The summed E-state index contributed by atoms with van der Waals surface area (Å²) in [5.74, 6) is 6.62. The van der Waals surface area contributed by atoms with Crippen LogP contribution in [-0.4, -0.2) is 57.9 Å². The quantitative estimate of drug-likeness (QED) is 0.233. The van der Waals surface area contributed by atoms with Crippen molar-refractivity contribution in [2.75, 3.05) is 25.2 Å². The van der Waals surface area contributed by atoms with Crippen LogP contribution < -0.4 is 19.7 Å². The summed E-state index contributed by atoms with van der Waals surface area (Å²) in [7, 11) is 1.64. The molecule has 1 aliphatic heterocycles. The molecule has 2 amide bonds. The van der Waals surface area contributed by atoms with Crippen molar-refractivity contribution in [1.29, 1.82) is 0 Å². The van der Waals surface area contributed by atoms with Crippen LogP contribution in [0.15, 0.2) is 91.4 Å². The summed E-state index contributed by atoms with van der Waals surface area (Å²) in [6.45, 7) is 0.878. The Balaban J connectivity index is 1.05. The lowest BCUT2D eigenvalue weighted by Crippen LogP contribution is -2.49. The van der Waals surface area contributed by atoms with Crippen LogP contribution in [0, 0.1) is 11.8 Å². The van der Waals surface area contributed by atoms with Gasteiger partial charge in [-0.25, -0.2) is 9.67 Å². The van der Waals surface area contributed by atoms with E-state index in [4.69, 9.17) is 9.47 Å². The molecule has 6 rings (SSSR count). The molecule has 0 saturated heterocycles. The molecule has 0 bridgehead atoms. The van der Waals surface area contributed by atoms with E-state index in [-0.39, 0.29) is 18.3 Å². The summed E-state index contributed by atoms with van der Waals surface area (Å²) in [6.07, 6.45) is 3.77. The van der Waals surface area contributed by atoms with Crippen molar-refractivity contribution in [3.8, 4) is 23.3 Å². The molecule has 214 valence electrons. The molecule has 1 aliphatic rings. The number of nitrogens with one attached hydrogen (secondary N) is 1. The van der Waals surface area contributed by atoms with Gasteiger partial charge in [-0.15, -0.1) is 5.10 Å². The molecule has 43 heavy (non-hydrogen) atoms. The van der Waals surface area contributed by atoms with Crippen LogP contribution in [-0.2, 0) is 11.3 Å². The molecule has 1 unspecified atom stereocenters. The fourth-order valence-electron chi connectivity index (χ4n) is 4.67. The first-order chi connectivity index (χ1) is 21.0. The number of fused-ring (bicyclic) bond motifs is 2. The monoisotopic (exact) mass is 572 g/mol. The minimum Gasteiger partial charge on any atom is -0.493 e. The molecule has 10 nitrogen and oxygen atoms in total. The number of amides is 2. The standard InChI is InChI=1S/C33H28N6O4/c1-38-29-18-23(8-5-6-17-42-26-14-13-25-11-7-16-34-27(25)19-26)12-15-30(29)43-21-28(33(38)41)36-32(40)31-35-22-39(37-31)20-24-9-3-2-4-10-24/h2-4,7,9-16,18-19,22,28H,6,17,20-21H2,1H3,(H,36,40). The number of carbonyl (C=O) groups excluding carboxylic acids is 2. The predicted molar refractivity (Wildman–Crippen MR) is 161 cm³/mol. The number of aromatic nitrogens is 4. The second-order valence-corrected chi connectivity index (χ2v) is 9.93. The van der Waals surface area contributed by atoms with Gasteiger partial charge in [0.05, 0.1) is 24.4 Å². The third-order valence-corrected chi connectivity index (χ3v) is 6.89. The average Bonchev–Trinajstić information content (AvgIpc) is 3.47. The van der Waals surface area contributed by atoms with Gasteiger partial charge in [0.1, 0.15) is 30.5 Å². The Morgan fingerprint density at radius 2 is 1.95 bits per heavy atom. The van der Waals surface area contributed by atoms with Crippen LogP contribution in [0.4, 0.5) is 5.69 Å². The van der Waals surface area contributed by atoms with Crippen LogP contribution in [0.2, 0.25) is 0 Å². The van der Waals surface area contributed by atoms with E-state index in [1.807, 2.05) is 66.7 Å². The lowest BCUT2D eigenvalue weighted by Gasteiger charge is -2.20. The Bertz CT molecular complexity index is 1840. The van der Waals surface area contributed by atoms with Gasteiger partial charge < -0.3 is 19.7 Å². The molecule has 0 aliphatic carbocycles. The molecule has 0 fully saturated rings. The normalized spacial score (nSPS) is 14.2. The third kappa shape index (κ3) is 6.47. The molecule has 1 atom stereocenters. The Hall–Kier alpha value is -5.69. The number of rotatable bonds is 7. The van der Waals surface area contributed by atoms with Crippen molar-refractivity contribution in [3.05, 3.63) is 108 Å². The Labute approximate surface area is 248 Å². The largest absolute Gasteiger partial charge is 0.493 e. The highest BCUT2D eigenvalue weighted by Crippen LogP contribution is 2.31. The summed E-state index contributed by atoms with van der Waals surface area (Å²) < 4.78 is 13.3. The third-order valence-electron chi connectivity index (χ3n) is 6.89. The summed E-state index contributed by atoms with van der Waals surface area (Å²) in [5.41, 5.74) is 3.21. The second-order valence-electron chi connectivity index (χ2n) is 9.93. The zero-order valence-corrected chi connectivity index (χ0v) is 23.4. The molecule has 10 heteroatoms. The van der Waals surface area contributed by atoms with Crippen LogP contribution >= 0.6 is 0 Å². The molecular weight excluding hydrogens is 544 g/mol. The SMILES string of the molecule is CN1C(=O)C(NC(=O)c2ncn(Cc3ccccc3)n2)COc2ccc(C#CCCOc3ccc4cccnc4c3)cc21. The Kier molecular flexibility index (Phi) is 7.95. The van der Waals surface area contributed by atoms with Crippen LogP contribution in [0.1, 0.15) is 28.2 Å². The Morgan fingerprint density at radius 1 is 1.07 bits per heavy atom. The molecule has 0 saturated carbocycles. The molecule has 5 aromatic rings. The minimum absolute atomic E-state index is 0.0213. The fourth-order valence-corrected chi connectivity index (χ4v) is 4.67. The van der Waals surface area contributed by atoms with Gasteiger partial charge in [-0.05, 0) is 42.0 Å². The first kappa shape index (κ1) is 27.5. The van der Waals surface area contributed by atoms with E-state index in [0.29, 0.717) is 31.0 Å². The average molecular weight is 573 g/mol. The van der Waals surface area contributed by atoms with Crippen LogP contribution in [0.25, 0.3) is 10.9 Å². The van der Waals surface area contributed by atoms with E-state index in [9.17, 15) is 9.59 Å². The first-order valence-electron chi connectivity index (χ1n) is 13.8. The predicted octanol–water partition coefficient (Wildman–Crippen LogP) is 3.85. The van der Waals surface area contributed by atoms with E-state index >= 15 is 0 Å². The topological polar surface area (TPSA) is 111 Å². The van der Waals surface area contributed by atoms with Gasteiger partial charge in [-0.1, -0.05) is 48.2 Å². The highest BCUT2D eigenvalue weighted by Gasteiger charge is 2.31. The lowest BCUT2D eigenvalue weighted by molar-refractivity contribution is -0.120. The maximum absolute atomic E-state index is 13.3. The summed E-state index contributed by atoms with van der Waals surface area (Å²) in [4.78, 5) is 36.1. The number of nitrogens with zero attached hydrogens (tertiary/aromatic N) is 5. The maximum Gasteiger partial charge on any atom is 0.291 e. The zero-order chi connectivity index (χ0) is 29.6.